The zero-order chi connectivity index (χ0) is 15.0. The van der Waals surface area contributed by atoms with Gasteiger partial charge in [0.05, 0.1) is 17.1 Å². The first-order valence-corrected chi connectivity index (χ1v) is 6.68. The highest BCUT2D eigenvalue weighted by atomic mass is 19.1. The van der Waals surface area contributed by atoms with Crippen molar-refractivity contribution in [3.63, 3.8) is 0 Å². The van der Waals surface area contributed by atoms with Crippen LogP contribution in [0.3, 0.4) is 0 Å². The van der Waals surface area contributed by atoms with E-state index in [4.69, 9.17) is 5.73 Å². The maximum absolute atomic E-state index is 13.4. The van der Waals surface area contributed by atoms with Gasteiger partial charge in [0.2, 0.25) is 5.95 Å². The Hall–Kier alpha value is -2.50. The molecule has 108 valence electrons. The number of rotatable bonds is 1. The average molecular weight is 286 g/mol. The summed E-state index contributed by atoms with van der Waals surface area (Å²) < 4.78 is 13.4. The van der Waals surface area contributed by atoms with Crippen molar-refractivity contribution in [1.82, 2.24) is 9.97 Å². The molecule has 0 fully saturated rings. The minimum Gasteiger partial charge on any atom is -0.411 e. The average Bonchev–Trinajstić information content (AvgIpc) is 2.45. The van der Waals surface area contributed by atoms with E-state index in [2.05, 4.69) is 15.1 Å². The second-order valence-corrected chi connectivity index (χ2v) is 5.20. The van der Waals surface area contributed by atoms with E-state index in [1.54, 1.807) is 6.07 Å². The molecule has 1 heterocycles. The van der Waals surface area contributed by atoms with Gasteiger partial charge < -0.3 is 10.9 Å². The molecule has 0 aliphatic heterocycles. The molecule has 1 aromatic carbocycles. The molecule has 0 saturated heterocycles. The van der Waals surface area contributed by atoms with Crippen molar-refractivity contribution >= 4 is 11.7 Å². The van der Waals surface area contributed by atoms with Gasteiger partial charge in [-0.3, -0.25) is 0 Å². The predicted octanol–water partition coefficient (Wildman–Crippen LogP) is 2.41. The minimum absolute atomic E-state index is 0.00722. The van der Waals surface area contributed by atoms with Crippen LogP contribution in [0.1, 0.15) is 34.9 Å². The van der Waals surface area contributed by atoms with Crippen molar-refractivity contribution in [2.45, 2.75) is 25.7 Å². The lowest BCUT2D eigenvalue weighted by Crippen LogP contribution is -2.23. The van der Waals surface area contributed by atoms with Gasteiger partial charge in [0.15, 0.2) is 0 Å². The SMILES string of the molecule is Cc1nc(N)nc2c1/C(=N\O)CC(c1cccc(F)c1)C2. The smallest absolute Gasteiger partial charge is 0.220 e. The fourth-order valence-electron chi connectivity index (χ4n) is 2.91. The van der Waals surface area contributed by atoms with Crippen molar-refractivity contribution in [1.29, 1.82) is 0 Å². The number of hydrogen-bond acceptors (Lipinski definition) is 5. The normalized spacial score (nSPS) is 19.5. The summed E-state index contributed by atoms with van der Waals surface area (Å²) >= 11 is 0. The summed E-state index contributed by atoms with van der Waals surface area (Å²) in [5, 5.41) is 12.7. The molecule has 0 radical (unpaired) electrons. The highest BCUT2D eigenvalue weighted by Gasteiger charge is 2.29. The third-order valence-electron chi connectivity index (χ3n) is 3.79. The van der Waals surface area contributed by atoms with Gasteiger partial charge in [-0.05, 0) is 37.0 Å². The van der Waals surface area contributed by atoms with Crippen LogP contribution in [0.15, 0.2) is 29.4 Å². The Morgan fingerprint density at radius 1 is 1.33 bits per heavy atom. The van der Waals surface area contributed by atoms with E-state index in [-0.39, 0.29) is 17.7 Å². The number of anilines is 1. The summed E-state index contributed by atoms with van der Waals surface area (Å²) in [6.07, 6.45) is 1.13. The number of oxime groups is 1. The lowest BCUT2D eigenvalue weighted by atomic mass is 9.81. The molecule has 1 aliphatic carbocycles. The number of nitrogen functional groups attached to an aromatic ring is 1. The van der Waals surface area contributed by atoms with Crippen LogP contribution in [-0.4, -0.2) is 20.9 Å². The van der Waals surface area contributed by atoms with E-state index in [0.29, 0.717) is 24.2 Å². The second-order valence-electron chi connectivity index (χ2n) is 5.20. The Morgan fingerprint density at radius 3 is 2.86 bits per heavy atom. The first kappa shape index (κ1) is 13.5. The lowest BCUT2D eigenvalue weighted by molar-refractivity contribution is 0.316. The molecule has 3 N–H and O–H groups in total. The van der Waals surface area contributed by atoms with E-state index in [1.165, 1.54) is 12.1 Å². The number of nitrogens with zero attached hydrogens (tertiary/aromatic N) is 3. The molecule has 0 bridgehead atoms. The fourth-order valence-corrected chi connectivity index (χ4v) is 2.91. The van der Waals surface area contributed by atoms with Gasteiger partial charge in [0.25, 0.3) is 0 Å². The zero-order valence-electron chi connectivity index (χ0n) is 11.5. The summed E-state index contributed by atoms with van der Waals surface area (Å²) in [4.78, 5) is 8.36. The van der Waals surface area contributed by atoms with Gasteiger partial charge >= 0.3 is 0 Å². The second kappa shape index (κ2) is 5.12. The van der Waals surface area contributed by atoms with Crippen LogP contribution in [0, 0.1) is 12.7 Å². The Morgan fingerprint density at radius 2 is 2.14 bits per heavy atom. The van der Waals surface area contributed by atoms with Crippen molar-refractivity contribution in [2.75, 3.05) is 5.73 Å². The monoisotopic (exact) mass is 286 g/mol. The fraction of sp³-hybridized carbons (Fsp3) is 0.267. The van der Waals surface area contributed by atoms with Crippen molar-refractivity contribution in [2.24, 2.45) is 5.16 Å². The summed E-state index contributed by atoms with van der Waals surface area (Å²) in [5.41, 5.74) is 9.26. The highest BCUT2D eigenvalue weighted by Crippen LogP contribution is 2.33. The molecule has 5 nitrogen and oxygen atoms in total. The van der Waals surface area contributed by atoms with Gasteiger partial charge in [0, 0.05) is 12.0 Å². The molecule has 21 heavy (non-hydrogen) atoms. The van der Waals surface area contributed by atoms with Crippen LogP contribution < -0.4 is 5.73 Å². The molecular formula is C15H15FN4O. The van der Waals surface area contributed by atoms with Crippen LogP contribution in [0.25, 0.3) is 0 Å². The maximum Gasteiger partial charge on any atom is 0.220 e. The zero-order valence-corrected chi connectivity index (χ0v) is 11.5. The molecule has 1 aromatic heterocycles. The largest absolute Gasteiger partial charge is 0.411 e. The topological polar surface area (TPSA) is 84.4 Å². The first-order valence-electron chi connectivity index (χ1n) is 6.68. The summed E-state index contributed by atoms with van der Waals surface area (Å²) in [7, 11) is 0. The van der Waals surface area contributed by atoms with Crippen LogP contribution in [0.5, 0.6) is 0 Å². The van der Waals surface area contributed by atoms with Crippen molar-refractivity contribution in [3.05, 3.63) is 52.6 Å². The summed E-state index contributed by atoms with van der Waals surface area (Å²) in [6, 6.07) is 6.45. The molecule has 1 atom stereocenters. The number of halogens is 1. The number of aryl methyl sites for hydroxylation is 1. The van der Waals surface area contributed by atoms with Crippen LogP contribution >= 0.6 is 0 Å². The Bertz CT molecular complexity index is 730. The summed E-state index contributed by atoms with van der Waals surface area (Å²) in [6.45, 7) is 1.81. The van der Waals surface area contributed by atoms with Gasteiger partial charge in [-0.1, -0.05) is 17.3 Å². The number of aromatic nitrogens is 2. The lowest BCUT2D eigenvalue weighted by Gasteiger charge is -2.25. The standard InChI is InChI=1S/C15H15FN4O/c1-8-14-12(19-15(17)18-8)6-10(7-13(14)20-21)9-3-2-4-11(16)5-9/h2-5,10,21H,6-7H2,1H3,(H2,17,18,19)/b20-13-. The van der Waals surface area contributed by atoms with Gasteiger partial charge in [-0.15, -0.1) is 0 Å². The Balaban J connectivity index is 2.07. The molecule has 1 unspecified atom stereocenters. The minimum atomic E-state index is -0.279. The van der Waals surface area contributed by atoms with Crippen LogP contribution in [0.4, 0.5) is 10.3 Å². The quantitative estimate of drug-likeness (QED) is 0.623. The Labute approximate surface area is 121 Å². The van der Waals surface area contributed by atoms with E-state index in [0.717, 1.165) is 16.8 Å². The molecule has 0 amide bonds. The van der Waals surface area contributed by atoms with Crippen LogP contribution in [-0.2, 0) is 6.42 Å². The Kier molecular flexibility index (Phi) is 3.29. The number of benzene rings is 1. The van der Waals surface area contributed by atoms with Crippen molar-refractivity contribution in [3.8, 4) is 0 Å². The van der Waals surface area contributed by atoms with E-state index < -0.39 is 0 Å². The molecular weight excluding hydrogens is 271 g/mol. The number of hydrogen-bond donors (Lipinski definition) is 2. The molecule has 3 rings (SSSR count). The summed E-state index contributed by atoms with van der Waals surface area (Å²) in [5.74, 6) is -0.0737. The molecule has 1 aliphatic rings. The van der Waals surface area contributed by atoms with Crippen molar-refractivity contribution < 1.29 is 9.60 Å². The van der Waals surface area contributed by atoms with Gasteiger partial charge in [0.1, 0.15) is 5.82 Å². The number of nitrogens with two attached hydrogens (primary N) is 1. The third-order valence-corrected chi connectivity index (χ3v) is 3.79. The molecule has 0 saturated carbocycles. The van der Waals surface area contributed by atoms with E-state index in [9.17, 15) is 9.60 Å². The highest BCUT2D eigenvalue weighted by molar-refractivity contribution is 6.03. The predicted molar refractivity (Wildman–Crippen MR) is 77.0 cm³/mol. The van der Waals surface area contributed by atoms with Crippen LogP contribution in [0.2, 0.25) is 0 Å². The van der Waals surface area contributed by atoms with E-state index >= 15 is 0 Å². The number of fused-ring (bicyclic) bond motifs is 1. The van der Waals surface area contributed by atoms with Gasteiger partial charge in [-0.25, -0.2) is 14.4 Å². The molecule has 2 aromatic rings. The molecule has 0 spiro atoms. The van der Waals surface area contributed by atoms with Gasteiger partial charge in [-0.2, -0.15) is 0 Å². The first-order chi connectivity index (χ1) is 10.1. The molecule has 6 heteroatoms. The maximum atomic E-state index is 13.4. The third kappa shape index (κ3) is 2.44. The van der Waals surface area contributed by atoms with E-state index in [1.807, 2.05) is 13.0 Å².